The molecule has 0 aliphatic heterocycles. The zero-order valence-electron chi connectivity index (χ0n) is 34.8. The number of para-hydroxylation sites is 1. The Kier molecular flexibility index (Phi) is 7.54. The largest absolute Gasteiger partial charge is 0.456 e. The van der Waals surface area contributed by atoms with Gasteiger partial charge in [0.1, 0.15) is 11.2 Å². The Balaban J connectivity index is 0.986. The highest BCUT2D eigenvalue weighted by molar-refractivity contribution is 6.06. The highest BCUT2D eigenvalue weighted by atomic mass is 16.3. The van der Waals surface area contributed by atoms with Gasteiger partial charge >= 0.3 is 0 Å². The molecule has 0 saturated heterocycles. The molecule has 2 aromatic heterocycles. The van der Waals surface area contributed by atoms with Crippen LogP contribution in [0.4, 0.5) is 0 Å². The van der Waals surface area contributed by atoms with Gasteiger partial charge < -0.3 is 4.42 Å². The zero-order valence-corrected chi connectivity index (χ0v) is 34.8. The summed E-state index contributed by atoms with van der Waals surface area (Å²) < 4.78 is 6.26. The molecule has 4 nitrogen and oxygen atoms in total. The van der Waals surface area contributed by atoms with Crippen molar-refractivity contribution < 1.29 is 4.42 Å². The number of nitrogens with zero attached hydrogens (tertiary/aromatic N) is 3. The molecule has 4 saturated carbocycles. The van der Waals surface area contributed by atoms with Crippen molar-refractivity contribution in [1.82, 2.24) is 15.0 Å². The van der Waals surface area contributed by atoms with Crippen LogP contribution in [0.25, 0.3) is 100 Å². The second kappa shape index (κ2) is 13.4. The van der Waals surface area contributed by atoms with E-state index in [9.17, 15) is 0 Å². The van der Waals surface area contributed by atoms with E-state index in [-0.39, 0.29) is 5.41 Å². The molecular weight excluding hydrogens is 767 g/mol. The van der Waals surface area contributed by atoms with Gasteiger partial charge in [-0.3, -0.25) is 0 Å². The van der Waals surface area contributed by atoms with Gasteiger partial charge in [-0.15, -0.1) is 0 Å². The molecule has 0 radical (unpaired) electrons. The van der Waals surface area contributed by atoms with Crippen LogP contribution in [0.1, 0.15) is 43.2 Å². The molecule has 1 spiro atoms. The first-order chi connectivity index (χ1) is 31.1. The van der Waals surface area contributed by atoms with E-state index in [2.05, 4.69) is 133 Å². The minimum absolute atomic E-state index is 0.0510. The van der Waals surface area contributed by atoms with Crippen molar-refractivity contribution in [2.75, 3.05) is 0 Å². The number of furan rings is 1. The van der Waals surface area contributed by atoms with Gasteiger partial charge in [-0.2, -0.15) is 0 Å². The molecule has 8 aromatic carbocycles. The maximum absolute atomic E-state index is 6.26. The highest BCUT2D eigenvalue weighted by Crippen LogP contribution is 2.69. The van der Waals surface area contributed by atoms with Gasteiger partial charge in [0.25, 0.3) is 0 Å². The number of hydrogen-bond acceptors (Lipinski definition) is 4. The lowest BCUT2D eigenvalue weighted by Gasteiger charge is -2.61. The molecule has 4 heteroatoms. The van der Waals surface area contributed by atoms with Gasteiger partial charge in [0.15, 0.2) is 17.5 Å². The summed E-state index contributed by atoms with van der Waals surface area (Å²) in [6, 6.07) is 63.9. The Morgan fingerprint density at radius 1 is 0.365 bits per heavy atom. The van der Waals surface area contributed by atoms with E-state index in [0.29, 0.717) is 29.3 Å². The van der Waals surface area contributed by atoms with Crippen molar-refractivity contribution in [1.29, 1.82) is 0 Å². The maximum atomic E-state index is 6.26. The molecule has 4 bridgehead atoms. The SMILES string of the molecule is c1ccc(-c2nc(-c3ccccc3)nc(-c3cc4ccccc4cc3-c3ccc4c(c3)-c3cc(-c5ccc6oc7ccccc7c6c5)ccc3C43C4CC5CC(C4)CC3C5)n2)cc1. The summed E-state index contributed by atoms with van der Waals surface area (Å²) in [5.41, 5.74) is 15.5. The predicted molar refractivity (Wildman–Crippen MR) is 255 cm³/mol. The van der Waals surface area contributed by atoms with Crippen LogP contribution in [0.15, 0.2) is 180 Å². The minimum Gasteiger partial charge on any atom is -0.456 e. The lowest BCUT2D eigenvalue weighted by Crippen LogP contribution is -2.55. The number of benzene rings is 8. The zero-order chi connectivity index (χ0) is 41.2. The smallest absolute Gasteiger partial charge is 0.164 e. The van der Waals surface area contributed by atoms with Crippen molar-refractivity contribution >= 4 is 32.7 Å². The molecular formula is C59H43N3O. The fourth-order valence-corrected chi connectivity index (χ4v) is 13.1. The highest BCUT2D eigenvalue weighted by Gasteiger charge is 2.61. The summed E-state index contributed by atoms with van der Waals surface area (Å²) in [6.45, 7) is 0. The van der Waals surface area contributed by atoms with Crippen LogP contribution in [0.2, 0.25) is 0 Å². The summed E-state index contributed by atoms with van der Waals surface area (Å²) in [4.78, 5) is 15.6. The maximum Gasteiger partial charge on any atom is 0.164 e. The molecule has 10 aromatic rings. The van der Waals surface area contributed by atoms with Gasteiger partial charge in [0.05, 0.1) is 0 Å². The van der Waals surface area contributed by atoms with Crippen LogP contribution in [0.3, 0.4) is 0 Å². The van der Waals surface area contributed by atoms with Gasteiger partial charge in [0, 0.05) is 32.9 Å². The van der Waals surface area contributed by atoms with Gasteiger partial charge in [-0.25, -0.2) is 15.0 Å². The third-order valence-corrected chi connectivity index (χ3v) is 15.5. The standard InChI is InChI=1S/C59H43N3O/c1-3-11-37(12-4-1)56-60-57(38-13-5-2-6-14-38)62-58(61-56)51-33-40-16-8-7-15-39(40)30-47(51)43-20-23-53-49(34-43)48-31-41(42-21-24-55-50(32-42)46-17-9-10-18-54(46)63-55)19-22-52(48)59(53)44-26-35-25-36(28-44)29-45(59)27-35/h1-24,30-36,44-45H,25-29H2. The topological polar surface area (TPSA) is 51.8 Å². The van der Waals surface area contributed by atoms with Crippen LogP contribution in [0, 0.1) is 23.7 Å². The van der Waals surface area contributed by atoms with Crippen molar-refractivity contribution in [2.24, 2.45) is 23.7 Å². The van der Waals surface area contributed by atoms with Gasteiger partial charge in [0.2, 0.25) is 0 Å². The summed E-state index contributed by atoms with van der Waals surface area (Å²) in [5, 5.41) is 4.68. The number of hydrogen-bond donors (Lipinski definition) is 0. The summed E-state index contributed by atoms with van der Waals surface area (Å²) >= 11 is 0. The molecule has 4 fully saturated rings. The van der Waals surface area contributed by atoms with Crippen molar-refractivity contribution in [3.05, 3.63) is 187 Å². The van der Waals surface area contributed by atoms with Crippen LogP contribution >= 0.6 is 0 Å². The first-order valence-corrected chi connectivity index (χ1v) is 22.8. The van der Waals surface area contributed by atoms with Gasteiger partial charge in [-0.1, -0.05) is 133 Å². The van der Waals surface area contributed by atoms with Crippen molar-refractivity contribution in [3.63, 3.8) is 0 Å². The van der Waals surface area contributed by atoms with Crippen LogP contribution in [-0.4, -0.2) is 15.0 Å². The van der Waals surface area contributed by atoms with E-state index in [0.717, 1.165) is 61.4 Å². The minimum atomic E-state index is 0.0510. The number of fused-ring (bicyclic) bond motifs is 7. The Labute approximate surface area is 366 Å². The summed E-state index contributed by atoms with van der Waals surface area (Å²) in [5.74, 6) is 5.11. The molecule has 63 heavy (non-hydrogen) atoms. The average molecular weight is 810 g/mol. The molecule has 0 amide bonds. The van der Waals surface area contributed by atoms with E-state index in [1.165, 1.54) is 65.3 Å². The second-order valence-corrected chi connectivity index (χ2v) is 18.8. The Morgan fingerprint density at radius 2 is 0.873 bits per heavy atom. The van der Waals surface area contributed by atoms with Crippen molar-refractivity contribution in [2.45, 2.75) is 37.5 Å². The van der Waals surface area contributed by atoms with E-state index in [4.69, 9.17) is 19.4 Å². The summed E-state index contributed by atoms with van der Waals surface area (Å²) in [6.07, 6.45) is 6.83. The third kappa shape index (κ3) is 5.31. The fraction of sp³-hybridized carbons (Fsp3) is 0.169. The molecule has 5 aliphatic rings. The lowest BCUT2D eigenvalue weighted by atomic mass is 9.43. The van der Waals surface area contributed by atoms with Crippen molar-refractivity contribution in [3.8, 4) is 67.5 Å². The molecule has 15 rings (SSSR count). The Hall–Kier alpha value is -7.17. The molecule has 0 N–H and O–H groups in total. The molecule has 2 heterocycles. The molecule has 5 aliphatic carbocycles. The number of rotatable bonds is 5. The monoisotopic (exact) mass is 809 g/mol. The lowest BCUT2D eigenvalue weighted by molar-refractivity contribution is -0.0399. The second-order valence-electron chi connectivity index (χ2n) is 18.8. The van der Waals surface area contributed by atoms with Crippen LogP contribution in [0.5, 0.6) is 0 Å². The molecule has 300 valence electrons. The number of aromatic nitrogens is 3. The third-order valence-electron chi connectivity index (χ3n) is 15.5. The van der Waals surface area contributed by atoms with Crippen LogP contribution in [-0.2, 0) is 5.41 Å². The average Bonchev–Trinajstić information content (AvgIpc) is 3.85. The van der Waals surface area contributed by atoms with Crippen LogP contribution < -0.4 is 0 Å². The summed E-state index contributed by atoms with van der Waals surface area (Å²) in [7, 11) is 0. The first-order valence-electron chi connectivity index (χ1n) is 22.8. The quantitative estimate of drug-likeness (QED) is 0.174. The fourth-order valence-electron chi connectivity index (χ4n) is 13.1. The Bertz CT molecular complexity index is 3390. The normalized spacial score (nSPS) is 21.7. The van der Waals surface area contributed by atoms with E-state index >= 15 is 0 Å². The van der Waals surface area contributed by atoms with Gasteiger partial charge in [-0.05, 0) is 154 Å². The van der Waals surface area contributed by atoms with E-state index in [1.54, 1.807) is 11.1 Å². The Morgan fingerprint density at radius 3 is 1.54 bits per heavy atom. The molecule has 0 atom stereocenters. The first kappa shape index (κ1) is 35.4. The van der Waals surface area contributed by atoms with E-state index in [1.807, 2.05) is 42.5 Å². The predicted octanol–water partition coefficient (Wildman–Crippen LogP) is 15.0. The molecule has 0 unspecified atom stereocenters. The van der Waals surface area contributed by atoms with E-state index < -0.39 is 0 Å².